The Labute approximate surface area is 75.8 Å². The van der Waals surface area contributed by atoms with Gasteiger partial charge >= 0.3 is 0 Å². The van der Waals surface area contributed by atoms with E-state index in [4.69, 9.17) is 6.42 Å². The van der Waals surface area contributed by atoms with Crippen molar-refractivity contribution in [3.05, 3.63) is 35.6 Å². The van der Waals surface area contributed by atoms with Gasteiger partial charge in [-0.05, 0) is 24.3 Å². The Balaban J connectivity index is 2.68. The van der Waals surface area contributed by atoms with Crippen molar-refractivity contribution in [1.29, 1.82) is 0 Å². The van der Waals surface area contributed by atoms with Crippen LogP contribution >= 0.6 is 0 Å². The van der Waals surface area contributed by atoms with Crippen LogP contribution in [0.4, 0.5) is 4.39 Å². The largest absolute Gasteiger partial charge is 0.341 e. The van der Waals surface area contributed by atoms with Crippen molar-refractivity contribution < 1.29 is 9.18 Å². The van der Waals surface area contributed by atoms with Crippen molar-refractivity contribution in [3.8, 4) is 12.3 Å². The fourth-order valence-corrected chi connectivity index (χ4v) is 0.835. The van der Waals surface area contributed by atoms with Gasteiger partial charge in [-0.25, -0.2) is 4.39 Å². The van der Waals surface area contributed by atoms with E-state index >= 15 is 0 Å². The van der Waals surface area contributed by atoms with E-state index < -0.39 is 0 Å². The number of carbonyl (C=O) groups is 1. The van der Waals surface area contributed by atoms with Crippen molar-refractivity contribution in [2.45, 2.75) is 0 Å². The maximum atomic E-state index is 12.4. The lowest BCUT2D eigenvalue weighted by atomic mass is 10.2. The Kier molecular flexibility index (Phi) is 3.04. The number of amides is 1. The number of nitrogens with one attached hydrogen (secondary N) is 1. The number of hydrogen-bond acceptors (Lipinski definition) is 1. The summed E-state index contributed by atoms with van der Waals surface area (Å²) in [6.45, 7) is 0.177. The van der Waals surface area contributed by atoms with Crippen molar-refractivity contribution in [2.24, 2.45) is 0 Å². The molecule has 0 radical (unpaired) electrons. The third-order valence-corrected chi connectivity index (χ3v) is 1.46. The second-order valence-corrected chi connectivity index (χ2v) is 2.39. The van der Waals surface area contributed by atoms with Crippen molar-refractivity contribution in [3.63, 3.8) is 0 Å². The van der Waals surface area contributed by atoms with E-state index in [0.29, 0.717) is 5.56 Å². The molecule has 0 aliphatic carbocycles. The van der Waals surface area contributed by atoms with Crippen molar-refractivity contribution >= 4 is 5.91 Å². The second-order valence-electron chi connectivity index (χ2n) is 2.39. The van der Waals surface area contributed by atoms with E-state index in [1.165, 1.54) is 24.3 Å². The summed E-state index contributed by atoms with van der Waals surface area (Å²) in [5.41, 5.74) is 0.400. The van der Waals surface area contributed by atoms with E-state index in [-0.39, 0.29) is 18.3 Å². The molecule has 66 valence electrons. The minimum atomic E-state index is -0.367. The Bertz CT molecular complexity index is 337. The zero-order valence-electron chi connectivity index (χ0n) is 6.88. The summed E-state index contributed by atoms with van der Waals surface area (Å²) in [4.78, 5) is 11.2. The number of benzene rings is 1. The van der Waals surface area contributed by atoms with E-state index in [9.17, 15) is 9.18 Å². The van der Waals surface area contributed by atoms with Crippen LogP contribution in [0, 0.1) is 18.2 Å². The normalized spacial score (nSPS) is 8.92. The molecule has 3 heteroatoms. The Morgan fingerprint density at radius 2 is 2.08 bits per heavy atom. The topological polar surface area (TPSA) is 29.1 Å². The molecule has 2 nitrogen and oxygen atoms in total. The summed E-state index contributed by atoms with van der Waals surface area (Å²) in [7, 11) is 0. The molecule has 13 heavy (non-hydrogen) atoms. The van der Waals surface area contributed by atoms with Gasteiger partial charge in [-0.3, -0.25) is 4.79 Å². The van der Waals surface area contributed by atoms with Crippen LogP contribution in [0.25, 0.3) is 0 Å². The molecule has 1 aromatic rings. The van der Waals surface area contributed by atoms with Gasteiger partial charge in [-0.1, -0.05) is 5.92 Å². The SMILES string of the molecule is C#CCNC(=O)c1ccc(F)cc1. The number of terminal acetylenes is 1. The molecule has 1 amide bonds. The van der Waals surface area contributed by atoms with Crippen molar-refractivity contribution in [1.82, 2.24) is 5.32 Å². The predicted octanol–water partition coefficient (Wildman–Crippen LogP) is 1.19. The summed E-state index contributed by atoms with van der Waals surface area (Å²) in [6.07, 6.45) is 4.95. The van der Waals surface area contributed by atoms with Crippen LogP contribution < -0.4 is 5.32 Å². The Morgan fingerprint density at radius 1 is 1.46 bits per heavy atom. The van der Waals surface area contributed by atoms with Gasteiger partial charge in [0.2, 0.25) is 0 Å². The predicted molar refractivity (Wildman–Crippen MR) is 47.6 cm³/mol. The van der Waals surface area contributed by atoms with Crippen LogP contribution in [-0.4, -0.2) is 12.5 Å². The highest BCUT2D eigenvalue weighted by Crippen LogP contribution is 2.01. The van der Waals surface area contributed by atoms with Gasteiger partial charge in [0.05, 0.1) is 6.54 Å². The summed E-state index contributed by atoms with van der Waals surface area (Å²) in [6, 6.07) is 5.26. The van der Waals surface area contributed by atoms with Gasteiger partial charge in [0, 0.05) is 5.56 Å². The first-order valence-electron chi connectivity index (χ1n) is 3.71. The first-order valence-corrected chi connectivity index (χ1v) is 3.71. The fourth-order valence-electron chi connectivity index (χ4n) is 0.835. The molecule has 0 aliphatic heterocycles. The first kappa shape index (κ1) is 9.27. The molecule has 0 saturated carbocycles. The molecule has 0 bridgehead atoms. The van der Waals surface area contributed by atoms with E-state index in [0.717, 1.165) is 0 Å². The quantitative estimate of drug-likeness (QED) is 0.675. The number of rotatable bonds is 2. The highest BCUT2D eigenvalue weighted by atomic mass is 19.1. The summed E-state index contributed by atoms with van der Waals surface area (Å²) >= 11 is 0. The summed E-state index contributed by atoms with van der Waals surface area (Å²) in [5.74, 6) is 1.61. The maximum Gasteiger partial charge on any atom is 0.252 e. The minimum absolute atomic E-state index is 0.177. The minimum Gasteiger partial charge on any atom is -0.341 e. The molecular weight excluding hydrogens is 169 g/mol. The number of hydrogen-bond donors (Lipinski definition) is 1. The van der Waals surface area contributed by atoms with E-state index in [1.54, 1.807) is 0 Å². The monoisotopic (exact) mass is 177 g/mol. The molecular formula is C10H8FNO. The van der Waals surface area contributed by atoms with E-state index in [2.05, 4.69) is 11.2 Å². The third kappa shape index (κ3) is 2.60. The van der Waals surface area contributed by atoms with Gasteiger partial charge in [-0.2, -0.15) is 0 Å². The van der Waals surface area contributed by atoms with E-state index in [1.807, 2.05) is 0 Å². The van der Waals surface area contributed by atoms with Gasteiger partial charge in [0.25, 0.3) is 5.91 Å². The summed E-state index contributed by atoms with van der Waals surface area (Å²) < 4.78 is 12.4. The van der Waals surface area contributed by atoms with Gasteiger partial charge in [0.15, 0.2) is 0 Å². The lowest BCUT2D eigenvalue weighted by molar-refractivity contribution is 0.0958. The van der Waals surface area contributed by atoms with Crippen LogP contribution in [0.1, 0.15) is 10.4 Å². The fraction of sp³-hybridized carbons (Fsp3) is 0.100. The molecule has 0 fully saturated rings. The van der Waals surface area contributed by atoms with Gasteiger partial charge < -0.3 is 5.32 Å². The lowest BCUT2D eigenvalue weighted by Crippen LogP contribution is -2.23. The average Bonchev–Trinajstić information content (AvgIpc) is 2.15. The molecule has 0 aromatic heterocycles. The second kappa shape index (κ2) is 4.27. The molecule has 0 atom stereocenters. The summed E-state index contributed by atoms with van der Waals surface area (Å²) in [5, 5.41) is 2.47. The Morgan fingerprint density at radius 3 is 2.62 bits per heavy atom. The zero-order valence-corrected chi connectivity index (χ0v) is 6.88. The van der Waals surface area contributed by atoms with Gasteiger partial charge in [-0.15, -0.1) is 6.42 Å². The molecule has 0 aliphatic rings. The van der Waals surface area contributed by atoms with Gasteiger partial charge in [0.1, 0.15) is 5.82 Å². The molecule has 0 unspecified atom stereocenters. The highest BCUT2D eigenvalue weighted by Gasteiger charge is 2.02. The molecule has 0 heterocycles. The smallest absolute Gasteiger partial charge is 0.252 e. The van der Waals surface area contributed by atoms with Crippen LogP contribution in [0.5, 0.6) is 0 Å². The highest BCUT2D eigenvalue weighted by molar-refractivity contribution is 5.94. The maximum absolute atomic E-state index is 12.4. The third-order valence-electron chi connectivity index (χ3n) is 1.46. The average molecular weight is 177 g/mol. The van der Waals surface area contributed by atoms with Crippen LogP contribution in [-0.2, 0) is 0 Å². The van der Waals surface area contributed by atoms with Crippen molar-refractivity contribution in [2.75, 3.05) is 6.54 Å². The molecule has 1 rings (SSSR count). The van der Waals surface area contributed by atoms with Crippen LogP contribution in [0.3, 0.4) is 0 Å². The lowest BCUT2D eigenvalue weighted by Gasteiger charge is -2.00. The zero-order chi connectivity index (χ0) is 9.68. The standard InChI is InChI=1S/C10H8FNO/c1-2-7-12-10(13)8-3-5-9(11)6-4-8/h1,3-6H,7H2,(H,12,13). The van der Waals surface area contributed by atoms with Crippen LogP contribution in [0.15, 0.2) is 24.3 Å². The first-order chi connectivity index (χ1) is 6.24. The Hall–Kier alpha value is -1.82. The molecule has 1 N–H and O–H groups in total. The molecule has 0 saturated heterocycles. The molecule has 1 aromatic carbocycles. The van der Waals surface area contributed by atoms with Crippen LogP contribution in [0.2, 0.25) is 0 Å². The molecule has 0 spiro atoms. The number of halogens is 1. The number of carbonyl (C=O) groups excluding carboxylic acids is 1.